The molecule has 9 nitrogen and oxygen atoms in total. The summed E-state index contributed by atoms with van der Waals surface area (Å²) in [6.45, 7) is 1.37. The lowest BCUT2D eigenvalue weighted by atomic mass is 10.2. The van der Waals surface area contributed by atoms with E-state index in [2.05, 4.69) is 20.3 Å². The zero-order chi connectivity index (χ0) is 23.9. The topological polar surface area (TPSA) is 105 Å². The first kappa shape index (κ1) is 23.8. The molecular formula is C24H26N4O5S. The summed E-state index contributed by atoms with van der Waals surface area (Å²) in [6.07, 6.45) is 2.10. The van der Waals surface area contributed by atoms with Gasteiger partial charge in [-0.05, 0) is 61.4 Å². The summed E-state index contributed by atoms with van der Waals surface area (Å²) in [5.41, 5.74) is 1.93. The highest BCUT2D eigenvalue weighted by Gasteiger charge is 2.22. The Balaban J connectivity index is 1.45. The summed E-state index contributed by atoms with van der Waals surface area (Å²) in [6, 6.07) is 14.2. The van der Waals surface area contributed by atoms with Crippen molar-refractivity contribution in [1.29, 1.82) is 0 Å². The van der Waals surface area contributed by atoms with Crippen LogP contribution < -0.4 is 10.1 Å². The van der Waals surface area contributed by atoms with Crippen molar-refractivity contribution in [3.63, 3.8) is 0 Å². The molecule has 1 aliphatic rings. The highest BCUT2D eigenvalue weighted by Crippen LogP contribution is 2.28. The van der Waals surface area contributed by atoms with Gasteiger partial charge in [-0.25, -0.2) is 4.79 Å². The summed E-state index contributed by atoms with van der Waals surface area (Å²) >= 11 is 1.32. The number of anilines is 1. The molecule has 2 heterocycles. The molecule has 10 heteroatoms. The Labute approximate surface area is 201 Å². The number of methoxy groups -OCH3 is 2. The number of ether oxygens (including phenoxy) is 3. The van der Waals surface area contributed by atoms with Crippen LogP contribution in [-0.2, 0) is 20.8 Å². The van der Waals surface area contributed by atoms with Crippen molar-refractivity contribution >= 4 is 29.3 Å². The Hall–Kier alpha value is -3.37. The van der Waals surface area contributed by atoms with Gasteiger partial charge in [-0.1, -0.05) is 11.8 Å². The summed E-state index contributed by atoms with van der Waals surface area (Å²) in [5, 5.41) is 12.2. The van der Waals surface area contributed by atoms with E-state index >= 15 is 0 Å². The molecule has 0 radical (unpaired) electrons. The van der Waals surface area contributed by atoms with Gasteiger partial charge in [0.15, 0.2) is 11.0 Å². The second-order valence-corrected chi connectivity index (χ2v) is 8.63. The third-order valence-electron chi connectivity index (χ3n) is 5.40. The van der Waals surface area contributed by atoms with Crippen LogP contribution >= 0.6 is 11.8 Å². The van der Waals surface area contributed by atoms with E-state index in [-0.39, 0.29) is 17.8 Å². The molecule has 2 aromatic carbocycles. The molecule has 1 amide bonds. The van der Waals surface area contributed by atoms with Crippen LogP contribution in [0.25, 0.3) is 11.4 Å². The van der Waals surface area contributed by atoms with Crippen LogP contribution in [0.1, 0.15) is 23.2 Å². The maximum atomic E-state index is 12.5. The molecule has 1 fully saturated rings. The first-order valence-corrected chi connectivity index (χ1v) is 11.9. The predicted molar refractivity (Wildman–Crippen MR) is 128 cm³/mol. The Morgan fingerprint density at radius 2 is 1.88 bits per heavy atom. The van der Waals surface area contributed by atoms with Gasteiger partial charge in [0.2, 0.25) is 5.91 Å². The van der Waals surface area contributed by atoms with Gasteiger partial charge in [-0.15, -0.1) is 10.2 Å². The minimum absolute atomic E-state index is 0.0921. The molecule has 0 spiro atoms. The van der Waals surface area contributed by atoms with Crippen molar-refractivity contribution in [3.05, 3.63) is 54.1 Å². The molecule has 34 heavy (non-hydrogen) atoms. The number of carbonyl (C=O) groups is 2. The number of thioether (sulfide) groups is 1. The van der Waals surface area contributed by atoms with Gasteiger partial charge in [-0.2, -0.15) is 0 Å². The first-order valence-electron chi connectivity index (χ1n) is 10.9. The molecular weight excluding hydrogens is 456 g/mol. The van der Waals surface area contributed by atoms with Crippen molar-refractivity contribution < 1.29 is 23.8 Å². The van der Waals surface area contributed by atoms with Gasteiger partial charge in [0, 0.05) is 17.9 Å². The SMILES string of the molecule is COC(=O)c1ccc(NC(=O)CSc2nnc(-c3ccc(OC)cc3)n2CC2CCCO2)cc1. The number of amides is 1. The second-order valence-electron chi connectivity index (χ2n) is 7.69. The number of esters is 1. The summed E-state index contributed by atoms with van der Waals surface area (Å²) in [5.74, 6) is 1.03. The molecule has 178 valence electrons. The molecule has 1 unspecified atom stereocenters. The number of hydrogen-bond donors (Lipinski definition) is 1. The van der Waals surface area contributed by atoms with E-state index in [4.69, 9.17) is 9.47 Å². The van der Waals surface area contributed by atoms with Crippen LogP contribution in [0.5, 0.6) is 5.75 Å². The van der Waals surface area contributed by atoms with Crippen LogP contribution in [0.3, 0.4) is 0 Å². The zero-order valence-electron chi connectivity index (χ0n) is 19.0. The monoisotopic (exact) mass is 482 g/mol. The summed E-state index contributed by atoms with van der Waals surface area (Å²) in [7, 11) is 2.95. The fraction of sp³-hybridized carbons (Fsp3) is 0.333. The van der Waals surface area contributed by atoms with E-state index in [0.29, 0.717) is 23.0 Å². The molecule has 1 aromatic heterocycles. The second kappa shape index (κ2) is 11.2. The van der Waals surface area contributed by atoms with E-state index in [1.165, 1.54) is 18.9 Å². The zero-order valence-corrected chi connectivity index (χ0v) is 19.8. The molecule has 4 rings (SSSR count). The van der Waals surface area contributed by atoms with Crippen LogP contribution in [0.15, 0.2) is 53.7 Å². The maximum absolute atomic E-state index is 12.5. The van der Waals surface area contributed by atoms with Crippen molar-refractivity contribution in [1.82, 2.24) is 14.8 Å². The van der Waals surface area contributed by atoms with Crippen LogP contribution in [0, 0.1) is 0 Å². The number of carbonyl (C=O) groups excluding carboxylic acids is 2. The molecule has 0 aliphatic carbocycles. The average Bonchev–Trinajstić information content (AvgIpc) is 3.53. The van der Waals surface area contributed by atoms with E-state index in [9.17, 15) is 9.59 Å². The smallest absolute Gasteiger partial charge is 0.337 e. The van der Waals surface area contributed by atoms with E-state index in [1.807, 2.05) is 28.8 Å². The third kappa shape index (κ3) is 5.75. The highest BCUT2D eigenvalue weighted by molar-refractivity contribution is 7.99. The molecule has 3 aromatic rings. The van der Waals surface area contributed by atoms with Crippen LogP contribution in [-0.4, -0.2) is 59.3 Å². The quantitative estimate of drug-likeness (QED) is 0.364. The molecule has 0 saturated carbocycles. The maximum Gasteiger partial charge on any atom is 0.337 e. The number of benzene rings is 2. The van der Waals surface area contributed by atoms with Crippen molar-refractivity contribution in [2.24, 2.45) is 0 Å². The van der Waals surface area contributed by atoms with Gasteiger partial charge in [0.25, 0.3) is 0 Å². The van der Waals surface area contributed by atoms with Crippen molar-refractivity contribution in [3.8, 4) is 17.1 Å². The fourth-order valence-electron chi connectivity index (χ4n) is 3.64. The van der Waals surface area contributed by atoms with Gasteiger partial charge in [0.05, 0.1) is 38.2 Å². The van der Waals surface area contributed by atoms with E-state index < -0.39 is 5.97 Å². The molecule has 1 atom stereocenters. The summed E-state index contributed by atoms with van der Waals surface area (Å²) < 4.78 is 17.8. The van der Waals surface area contributed by atoms with Gasteiger partial charge in [-0.3, -0.25) is 9.36 Å². The largest absolute Gasteiger partial charge is 0.497 e. The lowest BCUT2D eigenvalue weighted by Crippen LogP contribution is -2.18. The van der Waals surface area contributed by atoms with Crippen LogP contribution in [0.4, 0.5) is 5.69 Å². The highest BCUT2D eigenvalue weighted by atomic mass is 32.2. The Kier molecular flexibility index (Phi) is 7.81. The van der Waals surface area contributed by atoms with Gasteiger partial charge < -0.3 is 19.5 Å². The number of rotatable bonds is 9. The van der Waals surface area contributed by atoms with E-state index in [1.54, 1.807) is 31.4 Å². The Morgan fingerprint density at radius 3 is 2.53 bits per heavy atom. The number of hydrogen-bond acceptors (Lipinski definition) is 8. The minimum Gasteiger partial charge on any atom is -0.497 e. The standard InChI is InChI=1S/C24H26N4O5S/c1-31-19-11-7-16(8-12-19)22-26-27-24(28(22)14-20-4-3-13-33-20)34-15-21(29)25-18-9-5-17(6-10-18)23(30)32-2/h5-12,20H,3-4,13-15H2,1-2H3,(H,25,29). The fourth-order valence-corrected chi connectivity index (χ4v) is 4.39. The van der Waals surface area contributed by atoms with E-state index in [0.717, 1.165) is 36.6 Å². The summed E-state index contributed by atoms with van der Waals surface area (Å²) in [4.78, 5) is 24.1. The van der Waals surface area contributed by atoms with Crippen LogP contribution in [0.2, 0.25) is 0 Å². The molecule has 1 N–H and O–H groups in total. The van der Waals surface area contributed by atoms with Gasteiger partial charge in [0.1, 0.15) is 5.75 Å². The van der Waals surface area contributed by atoms with Gasteiger partial charge >= 0.3 is 5.97 Å². The van der Waals surface area contributed by atoms with Crippen molar-refractivity contribution in [2.75, 3.05) is 31.9 Å². The molecule has 1 saturated heterocycles. The van der Waals surface area contributed by atoms with Crippen molar-refractivity contribution in [2.45, 2.75) is 30.6 Å². The Morgan fingerprint density at radius 1 is 1.12 bits per heavy atom. The first-order chi connectivity index (χ1) is 16.6. The normalized spacial score (nSPS) is 15.2. The number of aromatic nitrogens is 3. The predicted octanol–water partition coefficient (Wildman–Crippen LogP) is 3.65. The lowest BCUT2D eigenvalue weighted by Gasteiger charge is -2.15. The third-order valence-corrected chi connectivity index (χ3v) is 6.36. The molecule has 0 bridgehead atoms. The molecule has 1 aliphatic heterocycles. The lowest BCUT2D eigenvalue weighted by molar-refractivity contribution is -0.113. The average molecular weight is 483 g/mol. The minimum atomic E-state index is -0.424. The number of nitrogens with zero attached hydrogens (tertiary/aromatic N) is 3. The number of nitrogens with one attached hydrogen (secondary N) is 1. The Bertz CT molecular complexity index is 1130.